The number of piperidine rings is 1. The molecule has 0 aromatic carbocycles. The Hall–Kier alpha value is -0.130. The topological polar surface area (TPSA) is 49.4 Å². The van der Waals surface area contributed by atoms with Gasteiger partial charge in [-0.05, 0) is 50.5 Å². The van der Waals surface area contributed by atoms with Gasteiger partial charge in [0, 0.05) is 19.1 Å². The van der Waals surface area contributed by atoms with Gasteiger partial charge in [0.05, 0.1) is 6.26 Å². The molecule has 1 aliphatic rings. The maximum atomic E-state index is 11.7. The zero-order valence-corrected chi connectivity index (χ0v) is 15.1. The van der Waals surface area contributed by atoms with Gasteiger partial charge >= 0.3 is 0 Å². The molecule has 3 atom stereocenters. The van der Waals surface area contributed by atoms with E-state index in [1.165, 1.54) is 19.1 Å². The van der Waals surface area contributed by atoms with Gasteiger partial charge in [0.15, 0.2) is 0 Å². The lowest BCUT2D eigenvalue weighted by molar-refractivity contribution is 0.227. The second-order valence-electron chi connectivity index (χ2n) is 6.77. The van der Waals surface area contributed by atoms with Crippen LogP contribution >= 0.6 is 0 Å². The largest absolute Gasteiger partial charge is 0.314 e. The second kappa shape index (κ2) is 9.11. The van der Waals surface area contributed by atoms with Crippen molar-refractivity contribution in [3.05, 3.63) is 0 Å². The van der Waals surface area contributed by atoms with E-state index in [9.17, 15) is 8.42 Å². The van der Waals surface area contributed by atoms with Gasteiger partial charge in [0.2, 0.25) is 10.0 Å². The summed E-state index contributed by atoms with van der Waals surface area (Å²) in [5, 5.41) is 3.67. The first-order chi connectivity index (χ1) is 9.86. The predicted octanol–water partition coefficient (Wildman–Crippen LogP) is 2.85. The molecule has 1 saturated heterocycles. The van der Waals surface area contributed by atoms with E-state index in [1.807, 2.05) is 0 Å². The molecular weight excluding hydrogens is 284 g/mol. The average molecular weight is 319 g/mol. The van der Waals surface area contributed by atoms with Crippen molar-refractivity contribution in [2.45, 2.75) is 65.3 Å². The summed E-state index contributed by atoms with van der Waals surface area (Å²) in [7, 11) is -3.03. The molecule has 0 amide bonds. The Bertz CT molecular complexity index is 384. The van der Waals surface area contributed by atoms with Gasteiger partial charge in [-0.2, -0.15) is 0 Å². The molecule has 0 radical (unpaired) electrons. The van der Waals surface area contributed by atoms with Crippen LogP contribution in [0.1, 0.15) is 59.3 Å². The highest BCUT2D eigenvalue weighted by atomic mass is 32.2. The summed E-state index contributed by atoms with van der Waals surface area (Å²) in [5.41, 5.74) is 0. The van der Waals surface area contributed by atoms with E-state index in [2.05, 4.69) is 26.1 Å². The molecule has 1 heterocycles. The smallest absolute Gasteiger partial charge is 0.211 e. The average Bonchev–Trinajstić information content (AvgIpc) is 2.44. The molecule has 1 fully saturated rings. The first-order valence-corrected chi connectivity index (χ1v) is 10.4. The number of nitrogens with one attached hydrogen (secondary N) is 1. The highest BCUT2D eigenvalue weighted by Gasteiger charge is 2.27. The van der Waals surface area contributed by atoms with E-state index in [4.69, 9.17) is 0 Å². The minimum absolute atomic E-state index is 0.506. The van der Waals surface area contributed by atoms with Crippen LogP contribution in [0.5, 0.6) is 0 Å². The zero-order chi connectivity index (χ0) is 15.9. The van der Waals surface area contributed by atoms with Crippen LogP contribution < -0.4 is 5.32 Å². The van der Waals surface area contributed by atoms with Crippen LogP contribution in [0.15, 0.2) is 0 Å². The Morgan fingerprint density at radius 1 is 1.33 bits per heavy atom. The summed E-state index contributed by atoms with van der Waals surface area (Å²) in [6.07, 6.45) is 8.17. The summed E-state index contributed by atoms with van der Waals surface area (Å²) in [6.45, 7) is 9.22. The Morgan fingerprint density at radius 2 is 2.05 bits per heavy atom. The molecule has 1 rings (SSSR count). The normalized spacial score (nSPS) is 23.9. The summed E-state index contributed by atoms with van der Waals surface area (Å²) in [6, 6.07) is 0.532. The van der Waals surface area contributed by atoms with Crippen molar-refractivity contribution < 1.29 is 8.42 Å². The number of sulfonamides is 1. The van der Waals surface area contributed by atoms with E-state index in [-0.39, 0.29) is 0 Å². The SMILES string of the molecule is CCCNC(CC(C)CC)CC1CCCN(S(C)(=O)=O)C1. The molecule has 0 aromatic heterocycles. The van der Waals surface area contributed by atoms with Gasteiger partial charge in [0.1, 0.15) is 0 Å². The summed E-state index contributed by atoms with van der Waals surface area (Å²) >= 11 is 0. The molecule has 0 saturated carbocycles. The quantitative estimate of drug-likeness (QED) is 0.711. The van der Waals surface area contributed by atoms with E-state index in [0.29, 0.717) is 25.0 Å². The number of rotatable bonds is 9. The summed E-state index contributed by atoms with van der Waals surface area (Å²) in [4.78, 5) is 0. The van der Waals surface area contributed by atoms with E-state index in [1.54, 1.807) is 4.31 Å². The lowest BCUT2D eigenvalue weighted by atomic mass is 9.88. The van der Waals surface area contributed by atoms with Gasteiger partial charge in [0.25, 0.3) is 0 Å². The fourth-order valence-corrected chi connectivity index (χ4v) is 4.13. The molecule has 3 unspecified atom stereocenters. The van der Waals surface area contributed by atoms with Crippen LogP contribution in [0.4, 0.5) is 0 Å². The third-order valence-electron chi connectivity index (χ3n) is 4.64. The third kappa shape index (κ3) is 7.11. The molecule has 4 nitrogen and oxygen atoms in total. The van der Waals surface area contributed by atoms with Gasteiger partial charge in [-0.1, -0.05) is 27.2 Å². The van der Waals surface area contributed by atoms with Gasteiger partial charge < -0.3 is 5.32 Å². The van der Waals surface area contributed by atoms with Crippen LogP contribution in [-0.4, -0.2) is 44.7 Å². The fourth-order valence-electron chi connectivity index (χ4n) is 3.19. The van der Waals surface area contributed by atoms with E-state index < -0.39 is 10.0 Å². The van der Waals surface area contributed by atoms with E-state index >= 15 is 0 Å². The Labute approximate surface area is 131 Å². The van der Waals surface area contributed by atoms with Crippen molar-refractivity contribution in [3.63, 3.8) is 0 Å². The van der Waals surface area contributed by atoms with Crippen molar-refractivity contribution in [2.24, 2.45) is 11.8 Å². The minimum atomic E-state index is -3.03. The fraction of sp³-hybridized carbons (Fsp3) is 1.00. The van der Waals surface area contributed by atoms with Crippen LogP contribution in [0.25, 0.3) is 0 Å². The van der Waals surface area contributed by atoms with Gasteiger partial charge in [-0.3, -0.25) is 0 Å². The van der Waals surface area contributed by atoms with Crippen molar-refractivity contribution in [2.75, 3.05) is 25.9 Å². The first kappa shape index (κ1) is 18.9. The molecule has 1 aliphatic heterocycles. The number of hydrogen-bond donors (Lipinski definition) is 1. The van der Waals surface area contributed by atoms with Crippen LogP contribution in [0.2, 0.25) is 0 Å². The minimum Gasteiger partial charge on any atom is -0.314 e. The van der Waals surface area contributed by atoms with Crippen LogP contribution in [-0.2, 0) is 10.0 Å². The predicted molar refractivity (Wildman–Crippen MR) is 89.9 cm³/mol. The number of nitrogens with zero attached hydrogens (tertiary/aromatic N) is 1. The van der Waals surface area contributed by atoms with Crippen molar-refractivity contribution in [1.82, 2.24) is 9.62 Å². The van der Waals surface area contributed by atoms with Crippen molar-refractivity contribution >= 4 is 10.0 Å². The maximum absolute atomic E-state index is 11.7. The molecule has 5 heteroatoms. The standard InChI is InChI=1S/C16H34N2O2S/c1-5-9-17-16(11-14(3)6-2)12-15-8-7-10-18(13-15)21(4,19)20/h14-17H,5-13H2,1-4H3. The molecule has 0 aromatic rings. The Morgan fingerprint density at radius 3 is 2.62 bits per heavy atom. The second-order valence-corrected chi connectivity index (χ2v) is 8.75. The molecule has 0 bridgehead atoms. The van der Waals surface area contributed by atoms with Crippen LogP contribution in [0, 0.1) is 11.8 Å². The molecule has 21 heavy (non-hydrogen) atoms. The lowest BCUT2D eigenvalue weighted by Gasteiger charge is -2.34. The monoisotopic (exact) mass is 318 g/mol. The van der Waals surface area contributed by atoms with Crippen molar-refractivity contribution in [3.8, 4) is 0 Å². The molecular formula is C16H34N2O2S. The maximum Gasteiger partial charge on any atom is 0.211 e. The molecule has 0 spiro atoms. The third-order valence-corrected chi connectivity index (χ3v) is 5.91. The highest BCUT2D eigenvalue weighted by molar-refractivity contribution is 7.88. The van der Waals surface area contributed by atoms with E-state index in [0.717, 1.165) is 38.1 Å². The zero-order valence-electron chi connectivity index (χ0n) is 14.3. The lowest BCUT2D eigenvalue weighted by Crippen LogP contribution is -2.42. The Kier molecular flexibility index (Phi) is 8.21. The van der Waals surface area contributed by atoms with Gasteiger partial charge in [-0.15, -0.1) is 0 Å². The van der Waals surface area contributed by atoms with Gasteiger partial charge in [-0.25, -0.2) is 12.7 Å². The molecule has 126 valence electrons. The Balaban J connectivity index is 2.56. The van der Waals surface area contributed by atoms with Crippen LogP contribution in [0.3, 0.4) is 0 Å². The first-order valence-electron chi connectivity index (χ1n) is 8.55. The number of hydrogen-bond acceptors (Lipinski definition) is 3. The summed E-state index contributed by atoms with van der Waals surface area (Å²) < 4.78 is 25.1. The highest BCUT2D eigenvalue weighted by Crippen LogP contribution is 2.25. The summed E-state index contributed by atoms with van der Waals surface area (Å²) in [5.74, 6) is 1.24. The molecule has 1 N–H and O–H groups in total. The molecule has 0 aliphatic carbocycles. The van der Waals surface area contributed by atoms with Crippen molar-refractivity contribution in [1.29, 1.82) is 0 Å².